The summed E-state index contributed by atoms with van der Waals surface area (Å²) < 4.78 is 0. The molecule has 2 aromatic rings. The molecule has 0 aliphatic carbocycles. The van der Waals surface area contributed by atoms with Crippen molar-refractivity contribution in [1.29, 1.82) is 0 Å². The average Bonchev–Trinajstić information content (AvgIpc) is 2.71. The number of imidazole rings is 1. The van der Waals surface area contributed by atoms with Crippen LogP contribution in [-0.2, 0) is 0 Å². The first-order valence-electron chi connectivity index (χ1n) is 5.98. The lowest BCUT2D eigenvalue weighted by Gasteiger charge is -2.23. The second kappa shape index (κ2) is 4.29. The third kappa shape index (κ3) is 2.21. The van der Waals surface area contributed by atoms with E-state index in [9.17, 15) is 0 Å². The fraction of sp³-hybridized carbons (Fsp3) is 0.545. The smallest absolute Gasteiger partial charge is 0.202 e. The highest BCUT2D eigenvalue weighted by Crippen LogP contribution is 2.14. The molecule has 6 heteroatoms. The topological polar surface area (TPSA) is 78.5 Å². The van der Waals surface area contributed by atoms with Gasteiger partial charge in [0.15, 0.2) is 5.65 Å². The molecule has 0 aromatic carbocycles. The number of nitrogens with zero attached hydrogens (tertiary/aromatic N) is 3. The number of piperidine rings is 1. The Morgan fingerprint density at radius 2 is 2.12 bits per heavy atom. The van der Waals surface area contributed by atoms with Gasteiger partial charge in [0.25, 0.3) is 0 Å². The average molecular weight is 232 g/mol. The van der Waals surface area contributed by atoms with Gasteiger partial charge in [-0.1, -0.05) is 0 Å². The van der Waals surface area contributed by atoms with E-state index in [1.54, 1.807) is 6.20 Å². The molecule has 0 atom stereocenters. The highest BCUT2D eigenvalue weighted by atomic mass is 15.2. The SMILES string of the molecule is Cc1ncc2[nH]c(NC3CCNCC3)nc2n1. The zero-order chi connectivity index (χ0) is 11.7. The Bertz CT molecular complexity index is 514. The van der Waals surface area contributed by atoms with E-state index >= 15 is 0 Å². The van der Waals surface area contributed by atoms with Crippen LogP contribution in [-0.4, -0.2) is 39.1 Å². The van der Waals surface area contributed by atoms with Crippen molar-refractivity contribution in [3.05, 3.63) is 12.0 Å². The number of aromatic amines is 1. The number of aryl methyl sites for hydroxylation is 1. The number of nitrogens with one attached hydrogen (secondary N) is 3. The van der Waals surface area contributed by atoms with E-state index in [1.807, 2.05) is 6.92 Å². The first kappa shape index (κ1) is 10.5. The summed E-state index contributed by atoms with van der Waals surface area (Å²) in [6.07, 6.45) is 4.03. The van der Waals surface area contributed by atoms with Crippen LogP contribution in [0.15, 0.2) is 6.20 Å². The van der Waals surface area contributed by atoms with Gasteiger partial charge >= 0.3 is 0 Å². The number of hydrogen-bond acceptors (Lipinski definition) is 5. The second-order valence-electron chi connectivity index (χ2n) is 4.41. The highest BCUT2D eigenvalue weighted by molar-refractivity contribution is 5.72. The predicted octanol–water partition coefficient (Wildman–Crippen LogP) is 0.825. The van der Waals surface area contributed by atoms with Crippen LogP contribution in [0.25, 0.3) is 11.2 Å². The maximum atomic E-state index is 4.43. The molecule has 90 valence electrons. The first-order chi connectivity index (χ1) is 8.31. The minimum absolute atomic E-state index is 0.492. The Morgan fingerprint density at radius 1 is 1.29 bits per heavy atom. The fourth-order valence-corrected chi connectivity index (χ4v) is 2.12. The highest BCUT2D eigenvalue weighted by Gasteiger charge is 2.14. The van der Waals surface area contributed by atoms with Crippen LogP contribution in [0.5, 0.6) is 0 Å². The molecular weight excluding hydrogens is 216 g/mol. The molecule has 1 fully saturated rings. The van der Waals surface area contributed by atoms with Gasteiger partial charge in [0.2, 0.25) is 5.95 Å². The third-order valence-corrected chi connectivity index (χ3v) is 3.04. The zero-order valence-corrected chi connectivity index (χ0v) is 9.82. The Kier molecular flexibility index (Phi) is 2.64. The summed E-state index contributed by atoms with van der Waals surface area (Å²) in [5.74, 6) is 1.55. The molecule has 1 aliphatic rings. The van der Waals surface area contributed by atoms with Crippen molar-refractivity contribution >= 4 is 17.1 Å². The van der Waals surface area contributed by atoms with Crippen LogP contribution in [0, 0.1) is 6.92 Å². The molecule has 0 amide bonds. The summed E-state index contributed by atoms with van der Waals surface area (Å²) in [6, 6.07) is 0.492. The van der Waals surface area contributed by atoms with Gasteiger partial charge in [0.1, 0.15) is 11.3 Å². The van der Waals surface area contributed by atoms with Gasteiger partial charge in [-0.2, -0.15) is 4.98 Å². The van der Waals surface area contributed by atoms with E-state index in [0.717, 1.165) is 48.9 Å². The first-order valence-corrected chi connectivity index (χ1v) is 5.98. The van der Waals surface area contributed by atoms with Crippen molar-refractivity contribution in [2.75, 3.05) is 18.4 Å². The summed E-state index contributed by atoms with van der Waals surface area (Å²) >= 11 is 0. The lowest BCUT2D eigenvalue weighted by molar-refractivity contribution is 0.477. The van der Waals surface area contributed by atoms with Gasteiger partial charge in [-0.15, -0.1) is 0 Å². The fourth-order valence-electron chi connectivity index (χ4n) is 2.12. The molecule has 3 N–H and O–H groups in total. The van der Waals surface area contributed by atoms with Crippen molar-refractivity contribution in [1.82, 2.24) is 25.3 Å². The van der Waals surface area contributed by atoms with Gasteiger partial charge < -0.3 is 15.6 Å². The van der Waals surface area contributed by atoms with E-state index in [0.29, 0.717) is 6.04 Å². The molecule has 0 radical (unpaired) electrons. The molecule has 0 unspecified atom stereocenters. The molecule has 0 bridgehead atoms. The zero-order valence-electron chi connectivity index (χ0n) is 9.82. The van der Waals surface area contributed by atoms with Crippen LogP contribution in [0.4, 0.5) is 5.95 Å². The number of anilines is 1. The number of aromatic nitrogens is 4. The third-order valence-electron chi connectivity index (χ3n) is 3.04. The van der Waals surface area contributed by atoms with Crippen molar-refractivity contribution in [3.63, 3.8) is 0 Å². The summed E-state index contributed by atoms with van der Waals surface area (Å²) in [6.45, 7) is 4.00. The molecule has 3 rings (SSSR count). The summed E-state index contributed by atoms with van der Waals surface area (Å²) in [7, 11) is 0. The van der Waals surface area contributed by atoms with Gasteiger partial charge in [-0.3, -0.25) is 0 Å². The molecule has 6 nitrogen and oxygen atoms in total. The van der Waals surface area contributed by atoms with E-state index in [-0.39, 0.29) is 0 Å². The van der Waals surface area contributed by atoms with Gasteiger partial charge in [-0.05, 0) is 32.9 Å². The van der Waals surface area contributed by atoms with E-state index in [1.165, 1.54) is 0 Å². The predicted molar refractivity (Wildman–Crippen MR) is 65.9 cm³/mol. The van der Waals surface area contributed by atoms with Crippen molar-refractivity contribution in [3.8, 4) is 0 Å². The van der Waals surface area contributed by atoms with Crippen LogP contribution in [0.3, 0.4) is 0 Å². The van der Waals surface area contributed by atoms with Gasteiger partial charge in [0, 0.05) is 6.04 Å². The Morgan fingerprint density at radius 3 is 2.94 bits per heavy atom. The van der Waals surface area contributed by atoms with Crippen LogP contribution < -0.4 is 10.6 Å². The normalized spacial score (nSPS) is 17.5. The monoisotopic (exact) mass is 232 g/mol. The summed E-state index contributed by atoms with van der Waals surface area (Å²) in [5, 5.41) is 6.76. The molecule has 2 aromatic heterocycles. The number of rotatable bonds is 2. The molecule has 1 aliphatic heterocycles. The number of hydrogen-bond donors (Lipinski definition) is 3. The van der Waals surface area contributed by atoms with Gasteiger partial charge in [-0.25, -0.2) is 9.97 Å². The summed E-state index contributed by atoms with van der Waals surface area (Å²) in [4.78, 5) is 16.1. The maximum Gasteiger partial charge on any atom is 0.202 e. The maximum absolute atomic E-state index is 4.43. The lowest BCUT2D eigenvalue weighted by atomic mass is 10.1. The van der Waals surface area contributed by atoms with Crippen LogP contribution in [0.1, 0.15) is 18.7 Å². The summed E-state index contributed by atoms with van der Waals surface area (Å²) in [5.41, 5.74) is 1.61. The molecular formula is C11H16N6. The van der Waals surface area contributed by atoms with Crippen LogP contribution >= 0.6 is 0 Å². The largest absolute Gasteiger partial charge is 0.353 e. The Hall–Kier alpha value is -1.69. The molecule has 17 heavy (non-hydrogen) atoms. The van der Waals surface area contributed by atoms with Crippen molar-refractivity contribution in [2.45, 2.75) is 25.8 Å². The quantitative estimate of drug-likeness (QED) is 0.714. The Labute approximate surface area is 99.3 Å². The number of fused-ring (bicyclic) bond motifs is 1. The minimum atomic E-state index is 0.492. The Balaban J connectivity index is 1.80. The van der Waals surface area contributed by atoms with E-state index < -0.39 is 0 Å². The van der Waals surface area contributed by atoms with Gasteiger partial charge in [0.05, 0.1) is 6.20 Å². The second-order valence-corrected chi connectivity index (χ2v) is 4.41. The molecule has 3 heterocycles. The van der Waals surface area contributed by atoms with Crippen molar-refractivity contribution in [2.24, 2.45) is 0 Å². The van der Waals surface area contributed by atoms with Crippen molar-refractivity contribution < 1.29 is 0 Å². The van der Waals surface area contributed by atoms with E-state index in [4.69, 9.17) is 0 Å². The minimum Gasteiger partial charge on any atom is -0.353 e. The molecule has 0 saturated carbocycles. The number of H-pyrrole nitrogens is 1. The van der Waals surface area contributed by atoms with Crippen LogP contribution in [0.2, 0.25) is 0 Å². The molecule has 1 saturated heterocycles. The van der Waals surface area contributed by atoms with E-state index in [2.05, 4.69) is 30.6 Å². The standard InChI is InChI=1S/C11H16N6/c1-7-13-6-9-10(14-7)17-11(16-9)15-8-2-4-12-5-3-8/h6,8,12H,2-5H2,1H3,(H2,13,14,15,16,17). The lowest BCUT2D eigenvalue weighted by Crippen LogP contribution is -2.35. The molecule has 0 spiro atoms.